The predicted molar refractivity (Wildman–Crippen MR) is 71.2 cm³/mol. The van der Waals surface area contributed by atoms with Gasteiger partial charge in [0.2, 0.25) is 0 Å². The van der Waals surface area contributed by atoms with E-state index in [9.17, 15) is 9.90 Å². The van der Waals surface area contributed by atoms with E-state index in [1.165, 1.54) is 0 Å². The maximum atomic E-state index is 11.2. The standard InChI is InChI=1S/C14H17N3O2/c1-10-6-4-5-7-12(10)17-11(9-15-16-17)8-14(2,3)13(18)19/h4-7,9H,8H2,1-3H3,(H,18,19). The Hall–Kier alpha value is -2.17. The summed E-state index contributed by atoms with van der Waals surface area (Å²) in [5, 5.41) is 17.2. The molecule has 5 heteroatoms. The molecule has 100 valence electrons. The number of rotatable bonds is 4. The second-order valence-electron chi connectivity index (χ2n) is 5.29. The number of benzene rings is 1. The molecule has 0 aliphatic rings. The molecule has 0 spiro atoms. The molecule has 0 amide bonds. The van der Waals surface area contributed by atoms with E-state index in [4.69, 9.17) is 0 Å². The Morgan fingerprint density at radius 2 is 2.05 bits per heavy atom. The van der Waals surface area contributed by atoms with Gasteiger partial charge in [0.25, 0.3) is 0 Å². The predicted octanol–water partition coefficient (Wildman–Crippen LogP) is 2.23. The molecule has 1 aromatic carbocycles. The molecule has 5 nitrogen and oxygen atoms in total. The molecule has 19 heavy (non-hydrogen) atoms. The number of carbonyl (C=O) groups is 1. The first-order valence-electron chi connectivity index (χ1n) is 6.11. The van der Waals surface area contributed by atoms with E-state index in [0.29, 0.717) is 6.42 Å². The van der Waals surface area contributed by atoms with Gasteiger partial charge in [-0.1, -0.05) is 23.4 Å². The maximum absolute atomic E-state index is 11.2. The summed E-state index contributed by atoms with van der Waals surface area (Å²) in [4.78, 5) is 11.2. The Balaban J connectivity index is 2.39. The normalized spacial score (nSPS) is 11.5. The zero-order valence-corrected chi connectivity index (χ0v) is 11.3. The first-order chi connectivity index (χ1) is 8.92. The number of aliphatic carboxylic acids is 1. The van der Waals surface area contributed by atoms with Gasteiger partial charge >= 0.3 is 5.97 Å². The van der Waals surface area contributed by atoms with E-state index in [0.717, 1.165) is 16.9 Å². The molecule has 0 bridgehead atoms. The van der Waals surface area contributed by atoms with Crippen molar-refractivity contribution in [3.8, 4) is 5.69 Å². The molecule has 1 N–H and O–H groups in total. The highest BCUT2D eigenvalue weighted by molar-refractivity contribution is 5.73. The lowest BCUT2D eigenvalue weighted by Gasteiger charge is -2.19. The summed E-state index contributed by atoms with van der Waals surface area (Å²) >= 11 is 0. The Morgan fingerprint density at radius 3 is 2.68 bits per heavy atom. The number of para-hydroxylation sites is 1. The highest BCUT2D eigenvalue weighted by Crippen LogP contribution is 2.23. The zero-order chi connectivity index (χ0) is 14.0. The summed E-state index contributed by atoms with van der Waals surface area (Å²) in [5.41, 5.74) is 1.95. The summed E-state index contributed by atoms with van der Waals surface area (Å²) in [5.74, 6) is -0.829. The van der Waals surface area contributed by atoms with Crippen LogP contribution in [0.15, 0.2) is 30.5 Å². The minimum absolute atomic E-state index is 0.379. The second kappa shape index (κ2) is 4.84. The summed E-state index contributed by atoms with van der Waals surface area (Å²) < 4.78 is 1.71. The van der Waals surface area contributed by atoms with Gasteiger partial charge in [0, 0.05) is 6.42 Å². The van der Waals surface area contributed by atoms with E-state index < -0.39 is 11.4 Å². The number of hydrogen-bond donors (Lipinski definition) is 1. The topological polar surface area (TPSA) is 68.0 Å². The van der Waals surface area contributed by atoms with Crippen LogP contribution in [0, 0.1) is 12.3 Å². The molecule has 0 aliphatic heterocycles. The number of hydrogen-bond acceptors (Lipinski definition) is 3. The van der Waals surface area contributed by atoms with Gasteiger partial charge in [0.15, 0.2) is 0 Å². The second-order valence-corrected chi connectivity index (χ2v) is 5.29. The third kappa shape index (κ3) is 2.65. The van der Waals surface area contributed by atoms with E-state index in [-0.39, 0.29) is 0 Å². The van der Waals surface area contributed by atoms with Crippen LogP contribution in [0.25, 0.3) is 5.69 Å². The number of carboxylic acids is 1. The van der Waals surface area contributed by atoms with Crippen molar-refractivity contribution in [1.82, 2.24) is 15.0 Å². The van der Waals surface area contributed by atoms with Gasteiger partial charge in [-0.25, -0.2) is 4.68 Å². The quantitative estimate of drug-likeness (QED) is 0.914. The van der Waals surface area contributed by atoms with Crippen molar-refractivity contribution in [2.75, 3.05) is 0 Å². The highest BCUT2D eigenvalue weighted by Gasteiger charge is 2.29. The molecule has 0 saturated carbocycles. The third-order valence-electron chi connectivity index (χ3n) is 3.17. The van der Waals surface area contributed by atoms with E-state index in [1.54, 1.807) is 24.7 Å². The van der Waals surface area contributed by atoms with Crippen molar-refractivity contribution >= 4 is 5.97 Å². The Morgan fingerprint density at radius 1 is 1.37 bits per heavy atom. The van der Waals surface area contributed by atoms with Gasteiger partial charge in [0.05, 0.1) is 23.0 Å². The van der Waals surface area contributed by atoms with Crippen molar-refractivity contribution in [3.05, 3.63) is 41.7 Å². The Bertz CT molecular complexity index is 602. The van der Waals surface area contributed by atoms with Crippen LogP contribution in [-0.4, -0.2) is 26.1 Å². The summed E-state index contributed by atoms with van der Waals surface area (Å²) in [7, 11) is 0. The van der Waals surface area contributed by atoms with E-state index >= 15 is 0 Å². The lowest BCUT2D eigenvalue weighted by atomic mass is 9.88. The van der Waals surface area contributed by atoms with Crippen LogP contribution in [0.4, 0.5) is 0 Å². The minimum Gasteiger partial charge on any atom is -0.481 e. The summed E-state index contributed by atoms with van der Waals surface area (Å²) in [6.07, 6.45) is 2.00. The van der Waals surface area contributed by atoms with Crippen LogP contribution in [0.5, 0.6) is 0 Å². The Labute approximate surface area is 111 Å². The van der Waals surface area contributed by atoms with Crippen LogP contribution < -0.4 is 0 Å². The maximum Gasteiger partial charge on any atom is 0.309 e. The third-order valence-corrected chi connectivity index (χ3v) is 3.17. The number of aryl methyl sites for hydroxylation is 1. The highest BCUT2D eigenvalue weighted by atomic mass is 16.4. The van der Waals surface area contributed by atoms with Crippen molar-refractivity contribution in [2.24, 2.45) is 5.41 Å². The van der Waals surface area contributed by atoms with E-state index in [2.05, 4.69) is 10.3 Å². The van der Waals surface area contributed by atoms with Crippen molar-refractivity contribution in [3.63, 3.8) is 0 Å². The van der Waals surface area contributed by atoms with E-state index in [1.807, 2.05) is 31.2 Å². The number of carboxylic acid groups (broad SMARTS) is 1. The average molecular weight is 259 g/mol. The molecule has 0 atom stereocenters. The SMILES string of the molecule is Cc1ccccc1-n1nncc1CC(C)(C)C(=O)O. The van der Waals surface area contributed by atoms with Crippen molar-refractivity contribution < 1.29 is 9.90 Å². The molecule has 2 aromatic rings. The smallest absolute Gasteiger partial charge is 0.309 e. The van der Waals surface area contributed by atoms with Gasteiger partial charge in [0.1, 0.15) is 0 Å². The van der Waals surface area contributed by atoms with Gasteiger partial charge in [-0.05, 0) is 32.4 Å². The van der Waals surface area contributed by atoms with Gasteiger partial charge in [-0.15, -0.1) is 5.10 Å². The van der Waals surface area contributed by atoms with Crippen molar-refractivity contribution in [2.45, 2.75) is 27.2 Å². The molecule has 0 unspecified atom stereocenters. The van der Waals surface area contributed by atoms with Crippen molar-refractivity contribution in [1.29, 1.82) is 0 Å². The monoisotopic (exact) mass is 259 g/mol. The van der Waals surface area contributed by atoms with Crippen LogP contribution >= 0.6 is 0 Å². The molecule has 0 radical (unpaired) electrons. The fourth-order valence-corrected chi connectivity index (χ4v) is 1.91. The number of nitrogens with zero attached hydrogens (tertiary/aromatic N) is 3. The average Bonchev–Trinajstić information content (AvgIpc) is 2.77. The number of aromatic nitrogens is 3. The first-order valence-corrected chi connectivity index (χ1v) is 6.11. The lowest BCUT2D eigenvalue weighted by Crippen LogP contribution is -2.27. The van der Waals surface area contributed by atoms with Crippen LogP contribution in [-0.2, 0) is 11.2 Å². The molecular weight excluding hydrogens is 242 g/mol. The Kier molecular flexibility index (Phi) is 3.38. The van der Waals surface area contributed by atoms with Gasteiger partial charge in [-0.3, -0.25) is 4.79 Å². The zero-order valence-electron chi connectivity index (χ0n) is 11.3. The molecular formula is C14H17N3O2. The molecule has 1 heterocycles. The molecule has 1 aromatic heterocycles. The molecule has 0 aliphatic carbocycles. The van der Waals surface area contributed by atoms with Crippen LogP contribution in [0.1, 0.15) is 25.1 Å². The molecule has 2 rings (SSSR count). The van der Waals surface area contributed by atoms with Gasteiger partial charge < -0.3 is 5.11 Å². The summed E-state index contributed by atoms with van der Waals surface area (Å²) in [6, 6.07) is 7.82. The summed E-state index contributed by atoms with van der Waals surface area (Å²) in [6.45, 7) is 5.39. The largest absolute Gasteiger partial charge is 0.481 e. The molecule has 0 fully saturated rings. The first kappa shape index (κ1) is 13.3. The fraction of sp³-hybridized carbons (Fsp3) is 0.357. The minimum atomic E-state index is -0.845. The van der Waals surface area contributed by atoms with Crippen LogP contribution in [0.2, 0.25) is 0 Å². The fourth-order valence-electron chi connectivity index (χ4n) is 1.91. The lowest BCUT2D eigenvalue weighted by molar-refractivity contribution is -0.146. The molecule has 0 saturated heterocycles. The van der Waals surface area contributed by atoms with Gasteiger partial charge in [-0.2, -0.15) is 0 Å². The van der Waals surface area contributed by atoms with Crippen LogP contribution in [0.3, 0.4) is 0 Å².